The first kappa shape index (κ1) is 22.6. The van der Waals surface area contributed by atoms with Crippen LogP contribution in [-0.4, -0.2) is 38.9 Å². The molecule has 0 fully saturated rings. The first-order valence-corrected chi connectivity index (χ1v) is 10.8. The largest absolute Gasteiger partial charge is 0.497 e. The Balaban J connectivity index is 1.58. The summed E-state index contributed by atoms with van der Waals surface area (Å²) < 4.78 is 8.93. The van der Waals surface area contributed by atoms with Crippen LogP contribution < -0.4 is 10.1 Å². The number of hydrogen-bond donors (Lipinski definition) is 1. The molecule has 4 rings (SSSR count). The fraction of sp³-hybridized carbons (Fsp3) is 0.154. The van der Waals surface area contributed by atoms with Crippen LogP contribution in [0, 0.1) is 11.3 Å². The molecule has 0 atom stereocenters. The number of aromatic nitrogens is 4. The highest BCUT2D eigenvalue weighted by Crippen LogP contribution is 2.27. The van der Waals surface area contributed by atoms with Crippen LogP contribution in [0.3, 0.4) is 0 Å². The number of carbonyl (C=O) groups is 1. The Morgan fingerprint density at radius 2 is 1.97 bits per heavy atom. The number of imidazole rings is 1. The number of amides is 1. The first-order chi connectivity index (χ1) is 16.7. The Bertz CT molecular complexity index is 1300. The molecule has 1 N–H and O–H groups in total. The van der Waals surface area contributed by atoms with Crippen LogP contribution in [0.2, 0.25) is 0 Å². The number of carbonyl (C=O) groups excluding carboxylic acids is 1. The Hall–Kier alpha value is -4.64. The molecule has 2 heterocycles. The van der Waals surface area contributed by atoms with E-state index in [-0.39, 0.29) is 5.57 Å². The van der Waals surface area contributed by atoms with Crippen molar-refractivity contribution in [2.45, 2.75) is 13.0 Å². The molecule has 0 saturated carbocycles. The Morgan fingerprint density at radius 3 is 2.65 bits per heavy atom. The first-order valence-electron chi connectivity index (χ1n) is 10.8. The number of para-hydroxylation sites is 1. The van der Waals surface area contributed by atoms with Gasteiger partial charge in [-0.05, 0) is 48.9 Å². The van der Waals surface area contributed by atoms with Crippen LogP contribution in [-0.2, 0) is 11.3 Å². The number of nitrogens with one attached hydrogen (secondary N) is 1. The number of benzene rings is 2. The van der Waals surface area contributed by atoms with Crippen molar-refractivity contribution in [1.29, 1.82) is 5.26 Å². The molecule has 4 aromatic rings. The average molecular weight is 453 g/mol. The van der Waals surface area contributed by atoms with Gasteiger partial charge in [0.1, 0.15) is 17.4 Å². The molecule has 8 nitrogen and oxygen atoms in total. The van der Waals surface area contributed by atoms with Gasteiger partial charge >= 0.3 is 0 Å². The zero-order valence-corrected chi connectivity index (χ0v) is 18.8. The highest BCUT2D eigenvalue weighted by atomic mass is 16.5. The second kappa shape index (κ2) is 10.8. The van der Waals surface area contributed by atoms with Crippen LogP contribution >= 0.6 is 0 Å². The number of ether oxygens (including phenoxy) is 1. The van der Waals surface area contributed by atoms with Gasteiger partial charge in [-0.3, -0.25) is 4.79 Å². The summed E-state index contributed by atoms with van der Waals surface area (Å²) in [7, 11) is 1.61. The second-order valence-electron chi connectivity index (χ2n) is 7.52. The number of nitriles is 1. The molecular formula is C26H24N6O2. The van der Waals surface area contributed by atoms with Crippen LogP contribution in [0.1, 0.15) is 12.0 Å². The number of rotatable bonds is 9. The van der Waals surface area contributed by atoms with Gasteiger partial charge < -0.3 is 14.6 Å². The van der Waals surface area contributed by atoms with Crippen LogP contribution in [0.25, 0.3) is 23.0 Å². The minimum Gasteiger partial charge on any atom is -0.497 e. The maximum atomic E-state index is 12.7. The van der Waals surface area contributed by atoms with Gasteiger partial charge in [0.15, 0.2) is 0 Å². The lowest BCUT2D eigenvalue weighted by Gasteiger charge is -2.05. The summed E-state index contributed by atoms with van der Waals surface area (Å²) in [6.45, 7) is 1.18. The lowest BCUT2D eigenvalue weighted by atomic mass is 10.1. The summed E-state index contributed by atoms with van der Waals surface area (Å²) in [5.74, 6) is 0.317. The van der Waals surface area contributed by atoms with E-state index >= 15 is 0 Å². The number of aryl methyl sites for hydroxylation is 1. The van der Waals surface area contributed by atoms with Crippen molar-refractivity contribution in [3.63, 3.8) is 0 Å². The van der Waals surface area contributed by atoms with Gasteiger partial charge in [-0.2, -0.15) is 10.4 Å². The lowest BCUT2D eigenvalue weighted by molar-refractivity contribution is -0.117. The van der Waals surface area contributed by atoms with Crippen LogP contribution in [0.15, 0.2) is 85.1 Å². The highest BCUT2D eigenvalue weighted by molar-refractivity contribution is 6.02. The zero-order chi connectivity index (χ0) is 23.8. The van der Waals surface area contributed by atoms with Crippen molar-refractivity contribution in [3.8, 4) is 28.8 Å². The predicted molar refractivity (Wildman–Crippen MR) is 129 cm³/mol. The molecule has 0 bridgehead atoms. The van der Waals surface area contributed by atoms with E-state index in [2.05, 4.69) is 10.3 Å². The molecule has 0 aliphatic carbocycles. The van der Waals surface area contributed by atoms with E-state index in [1.165, 1.54) is 0 Å². The maximum absolute atomic E-state index is 12.7. The average Bonchev–Trinajstić information content (AvgIpc) is 3.56. The highest BCUT2D eigenvalue weighted by Gasteiger charge is 2.15. The van der Waals surface area contributed by atoms with Crippen molar-refractivity contribution in [1.82, 2.24) is 24.6 Å². The molecule has 2 aromatic carbocycles. The maximum Gasteiger partial charge on any atom is 0.261 e. The van der Waals surface area contributed by atoms with Crippen molar-refractivity contribution < 1.29 is 9.53 Å². The van der Waals surface area contributed by atoms with Crippen molar-refractivity contribution in [2.24, 2.45) is 0 Å². The fourth-order valence-corrected chi connectivity index (χ4v) is 3.46. The van der Waals surface area contributed by atoms with Crippen molar-refractivity contribution >= 4 is 12.0 Å². The molecular weight excluding hydrogens is 428 g/mol. The summed E-state index contributed by atoms with van der Waals surface area (Å²) in [6.07, 6.45) is 9.44. The van der Waals surface area contributed by atoms with Gasteiger partial charge in [-0.1, -0.05) is 18.2 Å². The molecule has 0 saturated heterocycles. The Morgan fingerprint density at radius 1 is 1.18 bits per heavy atom. The number of nitrogens with zero attached hydrogens (tertiary/aromatic N) is 5. The van der Waals surface area contributed by atoms with Crippen molar-refractivity contribution in [3.05, 3.63) is 90.7 Å². The minimum atomic E-state index is -0.415. The quantitative estimate of drug-likeness (QED) is 0.236. The molecule has 0 spiro atoms. The molecule has 0 aliphatic heterocycles. The van der Waals surface area contributed by atoms with Gasteiger partial charge in [0, 0.05) is 42.8 Å². The van der Waals surface area contributed by atoms with Gasteiger partial charge in [0.2, 0.25) is 0 Å². The molecule has 8 heteroatoms. The minimum absolute atomic E-state index is 0.0185. The Kier molecular flexibility index (Phi) is 7.16. The Labute approximate surface area is 197 Å². The van der Waals surface area contributed by atoms with Gasteiger partial charge in [-0.25, -0.2) is 9.67 Å². The summed E-state index contributed by atoms with van der Waals surface area (Å²) in [5, 5.41) is 17.2. The molecule has 170 valence electrons. The molecule has 0 unspecified atom stereocenters. The third-order valence-electron chi connectivity index (χ3n) is 5.23. The summed E-state index contributed by atoms with van der Waals surface area (Å²) in [5.41, 5.74) is 3.07. The van der Waals surface area contributed by atoms with E-state index in [4.69, 9.17) is 9.84 Å². The fourth-order valence-electron chi connectivity index (χ4n) is 3.46. The summed E-state index contributed by atoms with van der Waals surface area (Å²) >= 11 is 0. The van der Waals surface area contributed by atoms with E-state index in [1.807, 2.05) is 77.6 Å². The molecule has 1 amide bonds. The monoisotopic (exact) mass is 452 g/mol. The third-order valence-corrected chi connectivity index (χ3v) is 5.23. The molecule has 34 heavy (non-hydrogen) atoms. The topological polar surface area (TPSA) is 97.8 Å². The third kappa shape index (κ3) is 5.40. The number of hydrogen-bond acceptors (Lipinski definition) is 5. The predicted octanol–water partition coefficient (Wildman–Crippen LogP) is 3.86. The van der Waals surface area contributed by atoms with Crippen molar-refractivity contribution in [2.75, 3.05) is 13.7 Å². The second-order valence-corrected chi connectivity index (χ2v) is 7.52. The smallest absolute Gasteiger partial charge is 0.261 e. The lowest BCUT2D eigenvalue weighted by Crippen LogP contribution is -2.26. The van der Waals surface area contributed by atoms with Gasteiger partial charge in [0.05, 0.1) is 24.8 Å². The standard InChI is InChI=1S/C26H24N6O2/c1-34-24-10-8-20(9-11-24)25-22(18-32(30-25)23-6-3-2-4-7-23)16-21(17-27)26(33)29-12-5-14-31-15-13-28-19-31/h2-4,6-11,13,15-16,18-19H,5,12,14H2,1H3,(H,29,33)/b21-16+. The van der Waals surface area contributed by atoms with E-state index in [0.717, 1.165) is 30.0 Å². The molecule has 0 radical (unpaired) electrons. The normalized spacial score (nSPS) is 11.1. The molecule has 2 aromatic heterocycles. The SMILES string of the molecule is COc1ccc(-c2nn(-c3ccccc3)cc2/C=C(\C#N)C(=O)NCCCn2ccnc2)cc1. The molecule has 0 aliphatic rings. The van der Waals surface area contributed by atoms with Gasteiger partial charge in [0.25, 0.3) is 5.91 Å². The zero-order valence-electron chi connectivity index (χ0n) is 18.8. The van der Waals surface area contributed by atoms with E-state index in [0.29, 0.717) is 17.8 Å². The van der Waals surface area contributed by atoms with E-state index < -0.39 is 5.91 Å². The van der Waals surface area contributed by atoms with E-state index in [9.17, 15) is 10.1 Å². The van der Waals surface area contributed by atoms with Gasteiger partial charge in [-0.15, -0.1) is 0 Å². The van der Waals surface area contributed by atoms with Crippen LogP contribution in [0.4, 0.5) is 0 Å². The van der Waals surface area contributed by atoms with Crippen LogP contribution in [0.5, 0.6) is 5.75 Å². The summed E-state index contributed by atoms with van der Waals surface area (Å²) in [4.78, 5) is 16.7. The van der Waals surface area contributed by atoms with E-state index in [1.54, 1.807) is 30.4 Å². The summed E-state index contributed by atoms with van der Waals surface area (Å²) in [6, 6.07) is 19.2. The number of methoxy groups -OCH3 is 1.